The molecule has 0 aliphatic rings. The van der Waals surface area contributed by atoms with E-state index in [0.29, 0.717) is 11.5 Å². The van der Waals surface area contributed by atoms with Gasteiger partial charge in [-0.05, 0) is 44.2 Å². The number of halogens is 1. The number of rotatable bonds is 7. The predicted octanol–water partition coefficient (Wildman–Crippen LogP) is 2.76. The molecule has 2 aromatic carbocycles. The molecule has 2 N–H and O–H groups in total. The number of methoxy groups -OCH3 is 1. The summed E-state index contributed by atoms with van der Waals surface area (Å²) in [5.74, 6) is 0.186. The Morgan fingerprint density at radius 3 is 2.42 bits per heavy atom. The van der Waals surface area contributed by atoms with Crippen molar-refractivity contribution in [3.8, 4) is 11.5 Å². The van der Waals surface area contributed by atoms with Gasteiger partial charge in [-0.15, -0.1) is 4.83 Å². The van der Waals surface area contributed by atoms with Crippen LogP contribution in [0.3, 0.4) is 0 Å². The number of nitrogens with one attached hydrogen (secondary N) is 2. The average Bonchev–Trinajstić information content (AvgIpc) is 2.59. The molecule has 0 atom stereocenters. The van der Waals surface area contributed by atoms with Crippen molar-refractivity contribution in [3.63, 3.8) is 0 Å². The van der Waals surface area contributed by atoms with Crippen LogP contribution >= 0.6 is 11.6 Å². The van der Waals surface area contributed by atoms with Gasteiger partial charge in [-0.2, -0.15) is 0 Å². The zero-order valence-corrected chi connectivity index (χ0v) is 16.0. The SMILES string of the molecule is COc1cc(C(=O)NNS(=O)(=O)c2ccccc2Cl)ccc1OC(C)C. The Hall–Kier alpha value is -2.29. The first kappa shape index (κ1) is 20.0. The number of carbonyl (C=O) groups excluding carboxylic acids is 1. The summed E-state index contributed by atoms with van der Waals surface area (Å²) >= 11 is 5.88. The molecule has 0 aliphatic heterocycles. The fraction of sp³-hybridized carbons (Fsp3) is 0.235. The second-order valence-electron chi connectivity index (χ2n) is 5.52. The van der Waals surface area contributed by atoms with Crippen molar-refractivity contribution in [2.24, 2.45) is 0 Å². The highest BCUT2D eigenvalue weighted by Crippen LogP contribution is 2.29. The van der Waals surface area contributed by atoms with Gasteiger partial charge in [0.1, 0.15) is 4.90 Å². The predicted molar refractivity (Wildman–Crippen MR) is 98.0 cm³/mol. The number of hydrazine groups is 1. The number of benzene rings is 2. The normalized spacial score (nSPS) is 11.3. The monoisotopic (exact) mass is 398 g/mol. The summed E-state index contributed by atoms with van der Waals surface area (Å²) in [6.45, 7) is 3.73. The molecular weight excluding hydrogens is 380 g/mol. The molecule has 0 bridgehead atoms. The maximum atomic E-state index is 12.2. The van der Waals surface area contributed by atoms with E-state index >= 15 is 0 Å². The lowest BCUT2D eigenvalue weighted by Crippen LogP contribution is -2.41. The van der Waals surface area contributed by atoms with Crippen molar-refractivity contribution in [1.29, 1.82) is 0 Å². The van der Waals surface area contributed by atoms with Crippen molar-refractivity contribution in [1.82, 2.24) is 10.3 Å². The molecule has 9 heteroatoms. The van der Waals surface area contributed by atoms with E-state index in [-0.39, 0.29) is 21.6 Å². The maximum Gasteiger partial charge on any atom is 0.266 e. The summed E-state index contributed by atoms with van der Waals surface area (Å²) in [6.07, 6.45) is -0.0639. The maximum absolute atomic E-state index is 12.2. The van der Waals surface area contributed by atoms with E-state index in [1.54, 1.807) is 12.1 Å². The smallest absolute Gasteiger partial charge is 0.266 e. The number of carbonyl (C=O) groups is 1. The van der Waals surface area contributed by atoms with Gasteiger partial charge in [0.05, 0.1) is 18.2 Å². The number of sulfonamides is 1. The van der Waals surface area contributed by atoms with E-state index < -0.39 is 15.9 Å². The van der Waals surface area contributed by atoms with Gasteiger partial charge in [-0.1, -0.05) is 23.7 Å². The molecule has 0 spiro atoms. The van der Waals surface area contributed by atoms with E-state index in [1.165, 1.54) is 37.4 Å². The van der Waals surface area contributed by atoms with Gasteiger partial charge in [0.25, 0.3) is 15.9 Å². The Morgan fingerprint density at radius 2 is 1.81 bits per heavy atom. The fourth-order valence-electron chi connectivity index (χ4n) is 2.06. The molecule has 2 rings (SSSR count). The van der Waals surface area contributed by atoms with E-state index in [2.05, 4.69) is 5.43 Å². The van der Waals surface area contributed by atoms with Crippen molar-refractivity contribution in [3.05, 3.63) is 53.1 Å². The van der Waals surface area contributed by atoms with Crippen LogP contribution < -0.4 is 19.7 Å². The van der Waals surface area contributed by atoms with Crippen LogP contribution in [0.2, 0.25) is 5.02 Å². The Kier molecular flexibility index (Phi) is 6.47. The third-order valence-electron chi connectivity index (χ3n) is 3.21. The Bertz CT molecular complexity index is 900. The lowest BCUT2D eigenvalue weighted by atomic mass is 10.2. The zero-order chi connectivity index (χ0) is 19.3. The molecule has 0 unspecified atom stereocenters. The molecule has 0 radical (unpaired) electrons. The highest BCUT2D eigenvalue weighted by molar-refractivity contribution is 7.89. The third-order valence-corrected chi connectivity index (χ3v) is 4.96. The van der Waals surface area contributed by atoms with Crippen LogP contribution in [0.5, 0.6) is 11.5 Å². The Morgan fingerprint density at radius 1 is 1.12 bits per heavy atom. The second-order valence-corrected chi connectivity index (χ2v) is 7.58. The van der Waals surface area contributed by atoms with Crippen LogP contribution in [0.25, 0.3) is 0 Å². The number of hydrogen-bond acceptors (Lipinski definition) is 5. The molecule has 0 heterocycles. The quantitative estimate of drug-likeness (QED) is 0.699. The van der Waals surface area contributed by atoms with Crippen LogP contribution in [0, 0.1) is 0 Å². The van der Waals surface area contributed by atoms with Gasteiger partial charge in [0.2, 0.25) is 0 Å². The minimum absolute atomic E-state index is 0.0473. The van der Waals surface area contributed by atoms with Gasteiger partial charge in [-0.3, -0.25) is 10.2 Å². The molecule has 0 saturated carbocycles. The van der Waals surface area contributed by atoms with Gasteiger partial charge < -0.3 is 9.47 Å². The van der Waals surface area contributed by atoms with Crippen molar-refractivity contribution >= 4 is 27.5 Å². The molecule has 0 aromatic heterocycles. The van der Waals surface area contributed by atoms with Crippen LogP contribution in [0.1, 0.15) is 24.2 Å². The van der Waals surface area contributed by atoms with E-state index in [1.807, 2.05) is 18.7 Å². The number of ether oxygens (including phenoxy) is 2. The lowest BCUT2D eigenvalue weighted by Gasteiger charge is -2.14. The van der Waals surface area contributed by atoms with Crippen LogP contribution in [-0.2, 0) is 10.0 Å². The Balaban J connectivity index is 2.14. The Labute approximate surface area is 157 Å². The zero-order valence-electron chi connectivity index (χ0n) is 14.4. The van der Waals surface area contributed by atoms with E-state index in [0.717, 1.165) is 0 Å². The summed E-state index contributed by atoms with van der Waals surface area (Å²) in [6, 6.07) is 10.4. The molecule has 1 amide bonds. The van der Waals surface area contributed by atoms with Crippen LogP contribution in [0.15, 0.2) is 47.4 Å². The van der Waals surface area contributed by atoms with E-state index in [4.69, 9.17) is 21.1 Å². The topological polar surface area (TPSA) is 93.7 Å². The molecule has 0 fully saturated rings. The van der Waals surface area contributed by atoms with Crippen LogP contribution in [0.4, 0.5) is 0 Å². The summed E-state index contributed by atoms with van der Waals surface area (Å²) < 4.78 is 35.2. The van der Waals surface area contributed by atoms with Crippen molar-refractivity contribution < 1.29 is 22.7 Å². The summed E-state index contributed by atoms with van der Waals surface area (Å²) in [5.41, 5.74) is 2.34. The summed E-state index contributed by atoms with van der Waals surface area (Å²) in [5, 5.41) is 0.0473. The first-order valence-electron chi connectivity index (χ1n) is 7.66. The number of amides is 1. The minimum atomic E-state index is -4.00. The lowest BCUT2D eigenvalue weighted by molar-refractivity contribution is 0.0944. The molecule has 2 aromatic rings. The molecular formula is C17H19ClN2O5S. The van der Waals surface area contributed by atoms with Gasteiger partial charge in [-0.25, -0.2) is 8.42 Å². The molecule has 140 valence electrons. The first-order chi connectivity index (χ1) is 12.2. The van der Waals surface area contributed by atoms with E-state index in [9.17, 15) is 13.2 Å². The summed E-state index contributed by atoms with van der Waals surface area (Å²) in [7, 11) is -2.55. The third kappa shape index (κ3) is 4.87. The standard InChI is InChI=1S/C17H19ClN2O5S/c1-11(2)25-14-9-8-12(10-15(14)24-3)17(21)19-20-26(22,23)16-7-5-4-6-13(16)18/h4-11,20H,1-3H3,(H,19,21). The van der Waals surface area contributed by atoms with Gasteiger partial charge >= 0.3 is 0 Å². The summed E-state index contributed by atoms with van der Waals surface area (Å²) in [4.78, 5) is 14.1. The van der Waals surface area contributed by atoms with Gasteiger partial charge in [0.15, 0.2) is 11.5 Å². The second kappa shape index (κ2) is 8.39. The molecule has 0 aliphatic carbocycles. The first-order valence-corrected chi connectivity index (χ1v) is 9.52. The highest BCUT2D eigenvalue weighted by atomic mass is 35.5. The van der Waals surface area contributed by atoms with Crippen molar-refractivity contribution in [2.45, 2.75) is 24.8 Å². The number of hydrogen-bond donors (Lipinski definition) is 2. The molecule has 0 saturated heterocycles. The fourth-order valence-corrected chi connectivity index (χ4v) is 3.42. The minimum Gasteiger partial charge on any atom is -0.493 e. The van der Waals surface area contributed by atoms with Gasteiger partial charge in [0, 0.05) is 5.56 Å². The highest BCUT2D eigenvalue weighted by Gasteiger charge is 2.19. The molecule has 26 heavy (non-hydrogen) atoms. The molecule has 7 nitrogen and oxygen atoms in total. The largest absolute Gasteiger partial charge is 0.493 e. The average molecular weight is 399 g/mol. The van der Waals surface area contributed by atoms with Crippen molar-refractivity contribution in [2.75, 3.05) is 7.11 Å². The van der Waals surface area contributed by atoms with Crippen LogP contribution in [-0.4, -0.2) is 27.5 Å².